The molecule has 0 unspecified atom stereocenters. The fourth-order valence-electron chi connectivity index (χ4n) is 4.58. The third-order valence-electron chi connectivity index (χ3n) is 6.29. The Balaban J connectivity index is 1.89. The molecule has 1 aromatic carbocycles. The maximum atomic E-state index is 11.6. The van der Waals surface area contributed by atoms with Gasteiger partial charge in [0.05, 0.1) is 18.3 Å². The van der Waals surface area contributed by atoms with Crippen LogP contribution < -0.4 is 0 Å². The van der Waals surface area contributed by atoms with Crippen LogP contribution in [0.2, 0.25) is 0 Å². The summed E-state index contributed by atoms with van der Waals surface area (Å²) in [4.78, 5) is 11.6. The van der Waals surface area contributed by atoms with Gasteiger partial charge in [-0.05, 0) is 63.0 Å². The number of halogens is 1. The van der Waals surface area contributed by atoms with E-state index in [-0.39, 0.29) is 29.3 Å². The van der Waals surface area contributed by atoms with E-state index in [1.807, 2.05) is 38.1 Å². The first kappa shape index (κ1) is 26.9. The Bertz CT molecular complexity index is 700. The molecule has 1 aliphatic carbocycles. The molecule has 0 radical (unpaired) electrons. The highest BCUT2D eigenvalue weighted by Gasteiger charge is 2.41. The van der Waals surface area contributed by atoms with Crippen LogP contribution in [0, 0.1) is 5.92 Å². The van der Waals surface area contributed by atoms with Crippen molar-refractivity contribution >= 4 is 17.6 Å². The average molecular weight is 465 g/mol. The Labute approximate surface area is 199 Å². The first-order chi connectivity index (χ1) is 15.3. The summed E-state index contributed by atoms with van der Waals surface area (Å²) < 4.78 is 5.15. The molecule has 4 nitrogen and oxygen atoms in total. The van der Waals surface area contributed by atoms with Gasteiger partial charge in [0.1, 0.15) is 0 Å². The molecule has 1 aromatic rings. The summed E-state index contributed by atoms with van der Waals surface area (Å²) >= 11 is 6.61. The van der Waals surface area contributed by atoms with Crippen molar-refractivity contribution in [3.8, 4) is 0 Å². The number of ether oxygens (including phenoxy) is 1. The van der Waals surface area contributed by atoms with Crippen LogP contribution in [-0.4, -0.2) is 33.8 Å². The highest BCUT2D eigenvalue weighted by atomic mass is 35.5. The second-order valence-corrected chi connectivity index (χ2v) is 9.89. The number of aliphatic hydroxyl groups is 2. The minimum atomic E-state index is -0.456. The monoisotopic (exact) mass is 464 g/mol. The second-order valence-electron chi connectivity index (χ2n) is 9.32. The third-order valence-corrected chi connectivity index (χ3v) is 6.79. The quantitative estimate of drug-likeness (QED) is 0.152. The van der Waals surface area contributed by atoms with Gasteiger partial charge in [0.2, 0.25) is 0 Å². The molecular formula is C27H41ClO4. The molecular weight excluding hydrogens is 424 g/mol. The standard InChI is InChI=1S/C27H41ClO4/c1-4-5-8-12-24(29)20-14-16-21(17-15-20)27-22(23(28)18-25(27)30)11-9-6-7-10-13-26(31)32-19(2)3/h6,9,14-17,19,22-25,27,29-30H,4-5,7-8,10-13,18H2,1-3H3/t22-,23+,24+,25+,27+/m0/s1. The molecule has 1 fully saturated rings. The summed E-state index contributed by atoms with van der Waals surface area (Å²) in [5.41, 5.74) is 2.02. The third kappa shape index (κ3) is 8.53. The van der Waals surface area contributed by atoms with E-state index >= 15 is 0 Å². The molecule has 2 N–H and O–H groups in total. The van der Waals surface area contributed by atoms with Gasteiger partial charge in [-0.25, -0.2) is 0 Å². The van der Waals surface area contributed by atoms with Crippen LogP contribution in [0.4, 0.5) is 0 Å². The number of hydrogen-bond donors (Lipinski definition) is 2. The molecule has 180 valence electrons. The topological polar surface area (TPSA) is 66.8 Å². The molecule has 0 aliphatic heterocycles. The van der Waals surface area contributed by atoms with Crippen LogP contribution >= 0.6 is 11.6 Å². The lowest BCUT2D eigenvalue weighted by Gasteiger charge is -2.23. The second kappa shape index (κ2) is 14.0. The van der Waals surface area contributed by atoms with Gasteiger partial charge in [-0.2, -0.15) is 0 Å². The Morgan fingerprint density at radius 3 is 2.56 bits per heavy atom. The zero-order chi connectivity index (χ0) is 23.5. The highest BCUT2D eigenvalue weighted by molar-refractivity contribution is 6.21. The number of aliphatic hydroxyl groups excluding tert-OH is 2. The minimum Gasteiger partial charge on any atom is -0.463 e. The van der Waals surface area contributed by atoms with Gasteiger partial charge < -0.3 is 14.9 Å². The Kier molecular flexibility index (Phi) is 11.8. The lowest BCUT2D eigenvalue weighted by Crippen LogP contribution is -2.18. The van der Waals surface area contributed by atoms with Gasteiger partial charge in [-0.1, -0.05) is 62.6 Å². The molecule has 0 aromatic heterocycles. The van der Waals surface area contributed by atoms with Gasteiger partial charge in [0.25, 0.3) is 0 Å². The number of esters is 1. The summed E-state index contributed by atoms with van der Waals surface area (Å²) in [6.07, 6.45) is 10.8. The normalized spacial score (nSPS) is 24.3. The molecule has 0 bridgehead atoms. The van der Waals surface area contributed by atoms with Gasteiger partial charge in [0, 0.05) is 17.7 Å². The number of benzene rings is 1. The van der Waals surface area contributed by atoms with Crippen LogP contribution in [0.25, 0.3) is 0 Å². The summed E-state index contributed by atoms with van der Waals surface area (Å²) in [5, 5.41) is 21.0. The number of hydrogen-bond acceptors (Lipinski definition) is 4. The number of unbranched alkanes of at least 4 members (excludes halogenated alkanes) is 3. The number of carbonyl (C=O) groups is 1. The van der Waals surface area contributed by atoms with Crippen molar-refractivity contribution in [2.24, 2.45) is 5.92 Å². The maximum absolute atomic E-state index is 11.6. The molecule has 2 rings (SSSR count). The molecule has 5 atom stereocenters. The van der Waals surface area contributed by atoms with Gasteiger partial charge >= 0.3 is 5.97 Å². The van der Waals surface area contributed by atoms with E-state index in [0.717, 1.165) is 56.1 Å². The van der Waals surface area contributed by atoms with E-state index < -0.39 is 12.2 Å². The van der Waals surface area contributed by atoms with Crippen molar-refractivity contribution in [3.63, 3.8) is 0 Å². The van der Waals surface area contributed by atoms with Crippen molar-refractivity contribution < 1.29 is 19.7 Å². The molecule has 0 heterocycles. The largest absolute Gasteiger partial charge is 0.463 e. The van der Waals surface area contributed by atoms with E-state index in [0.29, 0.717) is 12.8 Å². The lowest BCUT2D eigenvalue weighted by atomic mass is 9.84. The van der Waals surface area contributed by atoms with E-state index in [1.165, 1.54) is 0 Å². The molecule has 0 spiro atoms. The van der Waals surface area contributed by atoms with Crippen LogP contribution in [0.1, 0.15) is 102 Å². The zero-order valence-corrected chi connectivity index (χ0v) is 20.6. The van der Waals surface area contributed by atoms with Crippen LogP contribution in [0.5, 0.6) is 0 Å². The van der Waals surface area contributed by atoms with Gasteiger partial charge in [-0.15, -0.1) is 11.6 Å². The van der Waals surface area contributed by atoms with Crippen molar-refractivity contribution in [3.05, 3.63) is 47.5 Å². The Morgan fingerprint density at radius 1 is 1.19 bits per heavy atom. The van der Waals surface area contributed by atoms with Gasteiger partial charge in [0.15, 0.2) is 0 Å². The number of alkyl halides is 1. The van der Waals surface area contributed by atoms with Gasteiger partial charge in [-0.3, -0.25) is 4.79 Å². The summed E-state index contributed by atoms with van der Waals surface area (Å²) in [7, 11) is 0. The highest BCUT2D eigenvalue weighted by Crippen LogP contribution is 2.45. The summed E-state index contributed by atoms with van der Waals surface area (Å²) in [6.45, 7) is 5.87. The molecule has 32 heavy (non-hydrogen) atoms. The van der Waals surface area contributed by atoms with Crippen molar-refractivity contribution in [1.29, 1.82) is 0 Å². The first-order valence-electron chi connectivity index (χ1n) is 12.3. The molecule has 1 saturated carbocycles. The summed E-state index contributed by atoms with van der Waals surface area (Å²) in [6, 6.07) is 8.06. The number of allylic oxidation sites excluding steroid dienone is 2. The van der Waals surface area contributed by atoms with Crippen LogP contribution in [-0.2, 0) is 9.53 Å². The fourth-order valence-corrected chi connectivity index (χ4v) is 5.02. The van der Waals surface area contributed by atoms with Crippen molar-refractivity contribution in [1.82, 2.24) is 0 Å². The number of rotatable bonds is 13. The SMILES string of the molecule is CCCCC[C@@H](O)c1ccc([C@@H]2[C@@H](CC=CCCCC(=O)OC(C)C)[C@H](Cl)C[C@H]2O)cc1. The summed E-state index contributed by atoms with van der Waals surface area (Å²) in [5.74, 6) is 0.00994. The van der Waals surface area contributed by atoms with E-state index in [9.17, 15) is 15.0 Å². The smallest absolute Gasteiger partial charge is 0.306 e. The van der Waals surface area contributed by atoms with Crippen molar-refractivity contribution in [2.45, 2.75) is 108 Å². The maximum Gasteiger partial charge on any atom is 0.306 e. The first-order valence-corrected chi connectivity index (χ1v) is 12.7. The number of carbonyl (C=O) groups excluding carboxylic acids is 1. The molecule has 5 heteroatoms. The molecule has 0 saturated heterocycles. The van der Waals surface area contributed by atoms with Crippen LogP contribution in [0.3, 0.4) is 0 Å². The van der Waals surface area contributed by atoms with Crippen molar-refractivity contribution in [2.75, 3.05) is 0 Å². The molecule has 1 aliphatic rings. The van der Waals surface area contributed by atoms with Crippen LogP contribution in [0.15, 0.2) is 36.4 Å². The van der Waals surface area contributed by atoms with E-state index in [1.54, 1.807) is 0 Å². The lowest BCUT2D eigenvalue weighted by molar-refractivity contribution is -0.147. The minimum absolute atomic E-state index is 0.00514. The predicted molar refractivity (Wildman–Crippen MR) is 131 cm³/mol. The Morgan fingerprint density at radius 2 is 1.91 bits per heavy atom. The zero-order valence-electron chi connectivity index (χ0n) is 19.9. The van der Waals surface area contributed by atoms with E-state index in [4.69, 9.17) is 16.3 Å². The van der Waals surface area contributed by atoms with E-state index in [2.05, 4.69) is 19.1 Å². The molecule has 0 amide bonds. The Hall–Kier alpha value is -1.36. The predicted octanol–water partition coefficient (Wildman–Crippen LogP) is 6.44. The average Bonchev–Trinajstić information content (AvgIpc) is 3.03. The fraction of sp³-hybridized carbons (Fsp3) is 0.667.